The number of aromatic nitrogens is 2. The molecule has 0 radical (unpaired) electrons. The molecule has 5 nitrogen and oxygen atoms in total. The van der Waals surface area contributed by atoms with Crippen LogP contribution in [-0.4, -0.2) is 22.2 Å². The van der Waals surface area contributed by atoms with Crippen molar-refractivity contribution in [3.8, 4) is 0 Å². The van der Waals surface area contributed by atoms with Gasteiger partial charge in [-0.15, -0.1) is 9.19 Å². The summed E-state index contributed by atoms with van der Waals surface area (Å²) in [6.07, 6.45) is 1.12. The molecule has 0 unspecified atom stereocenters. The second-order valence-electron chi connectivity index (χ2n) is 1.49. The minimum absolute atomic E-state index is 0.352. The van der Waals surface area contributed by atoms with Crippen molar-refractivity contribution in [3.05, 3.63) is 16.9 Å². The van der Waals surface area contributed by atoms with Gasteiger partial charge in [0, 0.05) is 6.20 Å². The highest BCUT2D eigenvalue weighted by molar-refractivity contribution is 9.10. The molecule has 1 aromatic heterocycles. The molecule has 0 spiro atoms. The molecule has 0 fully saturated rings. The zero-order valence-electron chi connectivity index (χ0n) is 4.60. The summed E-state index contributed by atoms with van der Waals surface area (Å²) in [4.78, 5) is 0. The number of nitrogens with zero attached hydrogens (tertiary/aromatic N) is 2. The predicted octanol–water partition coefficient (Wildman–Crippen LogP) is 0.297. The highest BCUT2D eigenvalue weighted by atomic mass is 79.9. The van der Waals surface area contributed by atoms with Crippen LogP contribution in [0.1, 0.15) is 0 Å². The molecule has 7 heteroatoms. The maximum Gasteiger partial charge on any atom is 0.379 e. The van der Waals surface area contributed by atoms with Crippen LogP contribution in [0.15, 0.2) is 16.9 Å². The van der Waals surface area contributed by atoms with Gasteiger partial charge in [-0.3, -0.25) is 4.55 Å². The average molecular weight is 227 g/mol. The summed E-state index contributed by atoms with van der Waals surface area (Å²) in [5.74, 6) is 0. The molecule has 0 aliphatic rings. The highest BCUT2D eigenvalue weighted by Gasteiger charge is 2.07. The summed E-state index contributed by atoms with van der Waals surface area (Å²) >= 11 is 2.92. The molecule has 1 N–H and O–H groups in total. The van der Waals surface area contributed by atoms with Gasteiger partial charge in [-0.2, -0.15) is 8.42 Å². The van der Waals surface area contributed by atoms with Gasteiger partial charge in [-0.05, 0) is 22.0 Å². The zero-order valence-corrected chi connectivity index (χ0v) is 7.00. The summed E-state index contributed by atoms with van der Waals surface area (Å²) < 4.78 is 29.7. The Morgan fingerprint density at radius 1 is 1.70 bits per heavy atom. The van der Waals surface area contributed by atoms with E-state index in [0.717, 1.165) is 6.20 Å². The van der Waals surface area contributed by atoms with E-state index < -0.39 is 10.3 Å². The first-order valence-electron chi connectivity index (χ1n) is 2.19. The van der Waals surface area contributed by atoms with Gasteiger partial charge in [0.15, 0.2) is 0 Å². The summed E-state index contributed by atoms with van der Waals surface area (Å²) in [5.41, 5.74) is 0. The molecule has 56 valence electrons. The van der Waals surface area contributed by atoms with Crippen molar-refractivity contribution in [1.29, 1.82) is 0 Å². The fourth-order valence-electron chi connectivity index (χ4n) is 0.415. The van der Waals surface area contributed by atoms with E-state index in [0.29, 0.717) is 8.69 Å². The molecular formula is C3H3BrN2O3S. The Labute approximate surface area is 65.7 Å². The van der Waals surface area contributed by atoms with Gasteiger partial charge in [0.2, 0.25) is 0 Å². The normalized spacial score (nSPS) is 11.8. The number of hydrogen-bond donors (Lipinski definition) is 1. The van der Waals surface area contributed by atoms with Gasteiger partial charge >= 0.3 is 10.3 Å². The van der Waals surface area contributed by atoms with Crippen molar-refractivity contribution in [2.24, 2.45) is 0 Å². The van der Waals surface area contributed by atoms with Crippen LogP contribution in [0.3, 0.4) is 0 Å². The monoisotopic (exact) mass is 226 g/mol. The molecule has 0 saturated heterocycles. The molecule has 1 aromatic rings. The maximum atomic E-state index is 10.3. The Kier molecular flexibility index (Phi) is 1.80. The van der Waals surface area contributed by atoms with Crippen molar-refractivity contribution in [3.63, 3.8) is 0 Å². The minimum Gasteiger partial charge on any atom is -0.268 e. The van der Waals surface area contributed by atoms with Gasteiger partial charge in [0.1, 0.15) is 4.60 Å². The molecular weight excluding hydrogens is 224 g/mol. The van der Waals surface area contributed by atoms with Crippen LogP contribution < -0.4 is 0 Å². The number of halogens is 1. The van der Waals surface area contributed by atoms with Crippen molar-refractivity contribution < 1.29 is 13.0 Å². The van der Waals surface area contributed by atoms with Crippen molar-refractivity contribution >= 4 is 26.2 Å². The van der Waals surface area contributed by atoms with Crippen molar-refractivity contribution in [1.82, 2.24) is 9.19 Å². The number of rotatable bonds is 1. The van der Waals surface area contributed by atoms with Crippen LogP contribution in [0.25, 0.3) is 0 Å². The molecule has 0 bridgehead atoms. The molecule has 0 aromatic carbocycles. The fourth-order valence-corrected chi connectivity index (χ4v) is 1.21. The van der Waals surface area contributed by atoms with Gasteiger partial charge < -0.3 is 0 Å². The third kappa shape index (κ3) is 1.55. The van der Waals surface area contributed by atoms with Crippen LogP contribution in [0, 0.1) is 0 Å². The Morgan fingerprint density at radius 2 is 2.30 bits per heavy atom. The SMILES string of the molecule is O=S(=O)(O)n1ccc(Br)n1. The molecule has 1 heterocycles. The van der Waals surface area contributed by atoms with Crippen LogP contribution in [0.5, 0.6) is 0 Å². The summed E-state index contributed by atoms with van der Waals surface area (Å²) in [5, 5.41) is 3.38. The third-order valence-corrected chi connectivity index (χ3v) is 1.87. The Morgan fingerprint density at radius 3 is 2.50 bits per heavy atom. The second-order valence-corrected chi connectivity index (χ2v) is 3.57. The van der Waals surface area contributed by atoms with E-state index in [1.807, 2.05) is 0 Å². The Balaban J connectivity index is 3.21. The van der Waals surface area contributed by atoms with E-state index in [1.165, 1.54) is 6.07 Å². The largest absolute Gasteiger partial charge is 0.379 e. The molecule has 10 heavy (non-hydrogen) atoms. The van der Waals surface area contributed by atoms with Gasteiger partial charge in [0.25, 0.3) is 0 Å². The average Bonchev–Trinajstić information content (AvgIpc) is 2.11. The van der Waals surface area contributed by atoms with E-state index in [4.69, 9.17) is 4.55 Å². The quantitative estimate of drug-likeness (QED) is 0.700. The molecule has 0 aliphatic heterocycles. The third-order valence-electron chi connectivity index (χ3n) is 0.770. The first kappa shape index (κ1) is 7.70. The molecule has 0 saturated carbocycles. The van der Waals surface area contributed by atoms with Crippen LogP contribution >= 0.6 is 15.9 Å². The van der Waals surface area contributed by atoms with Crippen molar-refractivity contribution in [2.75, 3.05) is 0 Å². The van der Waals surface area contributed by atoms with Crippen molar-refractivity contribution in [2.45, 2.75) is 0 Å². The Hall–Kier alpha value is -0.400. The summed E-state index contributed by atoms with van der Waals surface area (Å²) in [6.45, 7) is 0. The zero-order chi connectivity index (χ0) is 7.78. The smallest absolute Gasteiger partial charge is 0.268 e. The predicted molar refractivity (Wildman–Crippen MR) is 36.9 cm³/mol. The van der Waals surface area contributed by atoms with Gasteiger partial charge in [0.05, 0.1) is 0 Å². The maximum absolute atomic E-state index is 10.3. The number of hydrogen-bond acceptors (Lipinski definition) is 3. The van der Waals surface area contributed by atoms with Crippen LogP contribution in [-0.2, 0) is 10.3 Å². The van der Waals surface area contributed by atoms with Crippen LogP contribution in [0.2, 0.25) is 0 Å². The summed E-state index contributed by atoms with van der Waals surface area (Å²) in [6, 6.07) is 1.40. The first-order chi connectivity index (χ1) is 4.50. The lowest BCUT2D eigenvalue weighted by Crippen LogP contribution is -2.10. The van der Waals surface area contributed by atoms with E-state index in [2.05, 4.69) is 21.0 Å². The lowest BCUT2D eigenvalue weighted by atomic mass is 10.8. The summed E-state index contributed by atoms with van der Waals surface area (Å²) in [7, 11) is -4.21. The van der Waals surface area contributed by atoms with Gasteiger partial charge in [-0.1, -0.05) is 0 Å². The molecule has 0 aliphatic carbocycles. The lowest BCUT2D eigenvalue weighted by Gasteiger charge is -1.90. The van der Waals surface area contributed by atoms with E-state index in [9.17, 15) is 8.42 Å². The lowest BCUT2D eigenvalue weighted by molar-refractivity contribution is 0.465. The topological polar surface area (TPSA) is 72.2 Å². The van der Waals surface area contributed by atoms with Gasteiger partial charge in [-0.25, -0.2) is 0 Å². The van der Waals surface area contributed by atoms with E-state index in [-0.39, 0.29) is 0 Å². The molecule has 0 atom stereocenters. The molecule has 1 rings (SSSR count). The second kappa shape index (κ2) is 2.33. The van der Waals surface area contributed by atoms with E-state index >= 15 is 0 Å². The molecule has 0 amide bonds. The fraction of sp³-hybridized carbons (Fsp3) is 0. The van der Waals surface area contributed by atoms with E-state index in [1.54, 1.807) is 0 Å². The van der Waals surface area contributed by atoms with Crippen LogP contribution in [0.4, 0.5) is 0 Å². The standard InChI is InChI=1S/C3H3BrN2O3S/c4-3-1-2-6(5-3)10(7,8)9/h1-2H,(H,7,8,9). The highest BCUT2D eigenvalue weighted by Crippen LogP contribution is 2.04. The Bertz CT molecular complexity index is 329. The first-order valence-corrected chi connectivity index (χ1v) is 4.38. The minimum atomic E-state index is -4.21.